The monoisotopic (exact) mass is 748 g/mol. The zero-order valence-corrected chi connectivity index (χ0v) is 27.4. The molecule has 2 amide bonds. The van der Waals surface area contributed by atoms with Gasteiger partial charge >= 0.3 is 0 Å². The summed E-state index contributed by atoms with van der Waals surface area (Å²) in [4.78, 5) is 23.9. The highest BCUT2D eigenvalue weighted by atomic mass is 16.8. The highest BCUT2D eigenvalue weighted by Gasteiger charge is 2.55. The van der Waals surface area contributed by atoms with Crippen LogP contribution in [0.15, 0.2) is 0 Å². The zero-order chi connectivity index (χ0) is 37.9. The highest BCUT2D eigenvalue weighted by Crippen LogP contribution is 2.34. The van der Waals surface area contributed by atoms with Crippen molar-refractivity contribution in [2.75, 3.05) is 26.4 Å². The van der Waals surface area contributed by atoms with Crippen molar-refractivity contribution in [1.29, 1.82) is 0 Å². The van der Waals surface area contributed by atoms with Crippen LogP contribution in [-0.4, -0.2) is 222 Å². The third kappa shape index (κ3) is 9.11. The first-order chi connectivity index (χ1) is 24.1. The van der Waals surface area contributed by atoms with Crippen LogP contribution in [0.4, 0.5) is 0 Å². The number of hydrogen-bond donors (Lipinski definition) is 14. The summed E-state index contributed by atoms with van der Waals surface area (Å²) in [7, 11) is 0. The fraction of sp³-hybridized carbons (Fsp3) is 0.929. The first kappa shape index (κ1) is 41.9. The number of carbonyl (C=O) groups excluding carboxylic acids is 2. The van der Waals surface area contributed by atoms with Crippen LogP contribution < -0.4 is 10.6 Å². The number of carbonyl (C=O) groups is 2. The minimum atomic E-state index is -2.04. The molecule has 4 heterocycles. The molecule has 0 spiro atoms. The molecule has 20 atom stereocenters. The van der Waals surface area contributed by atoms with Crippen molar-refractivity contribution < 1.29 is 104 Å². The molecule has 4 aliphatic rings. The molecule has 0 saturated carbocycles. The standard InChI is InChI=1S/C28H48N2O21/c1-7(35)29-13-17(39)22(11(5-33)45-25(13)44)49-26-14(30-8(2)36)18(40)23(12(6-34)48-26)50-28-21(43)24(16(38)10(4-32)47-28)51-27-20(42)19(41)15(37)9(3-31)46-27/h9-28,31-34,37-44H,3-6H2,1-2H3,(H,29,35)(H,30,36)/t9-,10-,11-,12-,13+,14-,15-,16-,17-,18-,19+,20+,21+,22-,23-,24+,25-,26+,27+,28+/m1/s1. The van der Waals surface area contributed by atoms with Crippen molar-refractivity contribution in [3.63, 3.8) is 0 Å². The smallest absolute Gasteiger partial charge is 0.217 e. The molecule has 0 bridgehead atoms. The summed E-state index contributed by atoms with van der Waals surface area (Å²) in [5.74, 6) is -1.40. The molecule has 4 fully saturated rings. The van der Waals surface area contributed by atoms with E-state index >= 15 is 0 Å². The van der Waals surface area contributed by atoms with Gasteiger partial charge in [0.2, 0.25) is 11.8 Å². The summed E-state index contributed by atoms with van der Waals surface area (Å²) in [5.41, 5.74) is 0. The number of ether oxygens (including phenoxy) is 7. The van der Waals surface area contributed by atoms with Gasteiger partial charge in [0.05, 0.1) is 26.4 Å². The SMILES string of the molecule is CC(=O)N[C@H]1[C@H](O[C@H]2[C@H](O)[C@H](NC(C)=O)[C@H](O)O[C@@H]2CO)O[C@H](CO)[C@@H](O[C@@H]2O[C@H](CO)[C@@H](O)[C@H](O[C@@H]3O[C@H](CO)[C@@H](O)[C@H](O)[C@@H]3O)[C@@H]2O)[C@@H]1O. The lowest BCUT2D eigenvalue weighted by molar-refractivity contribution is -0.379. The van der Waals surface area contributed by atoms with Crippen molar-refractivity contribution in [3.05, 3.63) is 0 Å². The summed E-state index contributed by atoms with van der Waals surface area (Å²) in [6.45, 7) is -1.28. The minimum Gasteiger partial charge on any atom is -0.394 e. The maximum atomic E-state index is 12.2. The number of nitrogens with one attached hydrogen (secondary N) is 2. The molecule has 4 rings (SSSR count). The molecule has 0 aromatic rings. The maximum absolute atomic E-state index is 12.2. The van der Waals surface area contributed by atoms with E-state index in [1.54, 1.807) is 0 Å². The topological polar surface area (TPSA) is 366 Å². The van der Waals surface area contributed by atoms with E-state index in [1.165, 1.54) is 0 Å². The van der Waals surface area contributed by atoms with Crippen molar-refractivity contribution in [3.8, 4) is 0 Å². The minimum absolute atomic E-state index is 0.660. The van der Waals surface area contributed by atoms with Gasteiger partial charge in [-0.15, -0.1) is 0 Å². The molecule has 296 valence electrons. The molecular formula is C28H48N2O21. The van der Waals surface area contributed by atoms with Crippen LogP contribution in [0.25, 0.3) is 0 Å². The Kier molecular flexibility index (Phi) is 14.8. The second kappa shape index (κ2) is 18.0. The van der Waals surface area contributed by atoms with Crippen molar-refractivity contribution in [2.24, 2.45) is 0 Å². The Morgan fingerprint density at radius 1 is 0.471 bits per heavy atom. The summed E-state index contributed by atoms with van der Waals surface area (Å²) in [5, 5.41) is 130. The Labute approximate surface area is 289 Å². The van der Waals surface area contributed by atoms with Crippen LogP contribution >= 0.6 is 0 Å². The quantitative estimate of drug-likeness (QED) is 0.0881. The molecule has 23 nitrogen and oxygen atoms in total. The highest BCUT2D eigenvalue weighted by molar-refractivity contribution is 5.73. The van der Waals surface area contributed by atoms with Gasteiger partial charge in [0, 0.05) is 13.8 Å². The van der Waals surface area contributed by atoms with Crippen LogP contribution in [0.3, 0.4) is 0 Å². The molecule has 51 heavy (non-hydrogen) atoms. The normalized spacial score (nSPS) is 47.8. The van der Waals surface area contributed by atoms with E-state index in [-0.39, 0.29) is 0 Å². The second-order valence-electron chi connectivity index (χ2n) is 12.6. The lowest BCUT2D eigenvalue weighted by Gasteiger charge is -2.50. The van der Waals surface area contributed by atoms with Gasteiger partial charge in [0.15, 0.2) is 25.2 Å². The second-order valence-corrected chi connectivity index (χ2v) is 12.6. The van der Waals surface area contributed by atoms with E-state index in [1.807, 2.05) is 0 Å². The molecule has 0 radical (unpaired) electrons. The van der Waals surface area contributed by atoms with Gasteiger partial charge in [-0.2, -0.15) is 0 Å². The van der Waals surface area contributed by atoms with Gasteiger partial charge in [-0.25, -0.2) is 0 Å². The van der Waals surface area contributed by atoms with Crippen molar-refractivity contribution >= 4 is 11.8 Å². The Morgan fingerprint density at radius 2 is 0.882 bits per heavy atom. The predicted octanol–water partition coefficient (Wildman–Crippen LogP) is -9.46. The number of rotatable bonds is 12. The zero-order valence-electron chi connectivity index (χ0n) is 27.4. The Hall–Kier alpha value is -1.82. The van der Waals surface area contributed by atoms with Crippen molar-refractivity contribution in [2.45, 2.75) is 137 Å². The largest absolute Gasteiger partial charge is 0.394 e. The third-order valence-corrected chi connectivity index (χ3v) is 9.01. The lowest BCUT2D eigenvalue weighted by atomic mass is 9.94. The molecule has 0 aromatic carbocycles. The molecule has 14 N–H and O–H groups in total. The summed E-state index contributed by atoms with van der Waals surface area (Å²) >= 11 is 0. The van der Waals surface area contributed by atoms with Gasteiger partial charge in [0.25, 0.3) is 0 Å². The van der Waals surface area contributed by atoms with Crippen LogP contribution in [0.1, 0.15) is 13.8 Å². The molecule has 4 aliphatic heterocycles. The van der Waals surface area contributed by atoms with Gasteiger partial charge in [-0.1, -0.05) is 0 Å². The van der Waals surface area contributed by atoms with E-state index < -0.39 is 161 Å². The summed E-state index contributed by atoms with van der Waals surface area (Å²) < 4.78 is 39.1. The average molecular weight is 749 g/mol. The first-order valence-electron chi connectivity index (χ1n) is 16.1. The fourth-order valence-electron chi connectivity index (χ4n) is 6.35. The average Bonchev–Trinajstić information content (AvgIpc) is 3.09. The van der Waals surface area contributed by atoms with Crippen LogP contribution in [0.2, 0.25) is 0 Å². The first-order valence-corrected chi connectivity index (χ1v) is 16.1. The molecule has 23 heteroatoms. The van der Waals surface area contributed by atoms with E-state index in [0.29, 0.717) is 0 Å². The number of amides is 2. The predicted molar refractivity (Wildman–Crippen MR) is 157 cm³/mol. The summed E-state index contributed by atoms with van der Waals surface area (Å²) in [6.07, 6.45) is -31.4. The Balaban J connectivity index is 1.56. The van der Waals surface area contributed by atoms with Gasteiger partial charge in [-0.3, -0.25) is 9.59 Å². The van der Waals surface area contributed by atoms with E-state index in [4.69, 9.17) is 33.2 Å². The Bertz CT molecular complexity index is 1140. The van der Waals surface area contributed by atoms with Gasteiger partial charge in [0.1, 0.15) is 97.5 Å². The Morgan fingerprint density at radius 3 is 1.41 bits per heavy atom. The van der Waals surface area contributed by atoms with E-state index in [9.17, 15) is 70.9 Å². The number of hydrogen-bond acceptors (Lipinski definition) is 21. The van der Waals surface area contributed by atoms with Crippen molar-refractivity contribution in [1.82, 2.24) is 10.6 Å². The lowest BCUT2D eigenvalue weighted by Crippen LogP contribution is -2.70. The fourth-order valence-corrected chi connectivity index (χ4v) is 6.35. The maximum Gasteiger partial charge on any atom is 0.217 e. The molecule has 0 aliphatic carbocycles. The number of aliphatic hydroxyl groups is 12. The van der Waals surface area contributed by atoms with Crippen LogP contribution in [0, 0.1) is 0 Å². The van der Waals surface area contributed by atoms with E-state index in [2.05, 4.69) is 10.6 Å². The number of aliphatic hydroxyl groups excluding tert-OH is 12. The van der Waals surface area contributed by atoms with Crippen LogP contribution in [0.5, 0.6) is 0 Å². The van der Waals surface area contributed by atoms with Gasteiger partial charge in [-0.05, 0) is 0 Å². The summed E-state index contributed by atoms with van der Waals surface area (Å²) in [6, 6.07) is -3.04. The molecule has 0 aromatic heterocycles. The molecular weight excluding hydrogens is 700 g/mol. The van der Waals surface area contributed by atoms with E-state index in [0.717, 1.165) is 13.8 Å². The van der Waals surface area contributed by atoms with Crippen LogP contribution in [-0.2, 0) is 42.7 Å². The van der Waals surface area contributed by atoms with Gasteiger partial charge < -0.3 is 105 Å². The molecule has 0 unspecified atom stereocenters. The molecule has 4 saturated heterocycles. The third-order valence-electron chi connectivity index (χ3n) is 9.01.